The Morgan fingerprint density at radius 1 is 0.905 bits per heavy atom. The van der Waals surface area contributed by atoms with Gasteiger partial charge in [-0.2, -0.15) is 0 Å². The zero-order valence-corrected chi connectivity index (χ0v) is 12.9. The second kappa shape index (κ2) is 5.63. The number of benzene rings is 2. The lowest BCUT2D eigenvalue weighted by molar-refractivity contribution is -0.210. The number of hydrogen-bond donors (Lipinski definition) is 0. The molecule has 21 heavy (non-hydrogen) atoms. The molecule has 1 aliphatic heterocycles. The first-order valence-electron chi connectivity index (χ1n) is 7.45. The van der Waals surface area contributed by atoms with Crippen molar-refractivity contribution in [1.29, 1.82) is 0 Å². The van der Waals surface area contributed by atoms with Crippen molar-refractivity contribution < 1.29 is 9.47 Å². The summed E-state index contributed by atoms with van der Waals surface area (Å²) < 4.78 is 12.4. The Morgan fingerprint density at radius 3 is 2.29 bits per heavy atom. The summed E-state index contributed by atoms with van der Waals surface area (Å²) in [5, 5.41) is 0. The van der Waals surface area contributed by atoms with E-state index in [1.807, 2.05) is 6.07 Å². The summed E-state index contributed by atoms with van der Waals surface area (Å²) in [4.78, 5) is 0. The standard InChI is InChI=1S/C19H22O2/c1-19(2,3)18-20-13-15-11-7-8-12-16(15)17(21-18)14-9-5-4-6-10-14/h4-12,17-18H,13H2,1-3H3/t17-,18+/m0/s1. The van der Waals surface area contributed by atoms with Crippen molar-refractivity contribution in [2.75, 3.05) is 0 Å². The second-order valence-corrected chi connectivity index (χ2v) is 6.63. The Morgan fingerprint density at radius 2 is 1.57 bits per heavy atom. The molecule has 0 aromatic heterocycles. The molecule has 0 saturated heterocycles. The molecule has 0 aliphatic carbocycles. The van der Waals surface area contributed by atoms with Crippen LogP contribution in [0.25, 0.3) is 0 Å². The van der Waals surface area contributed by atoms with Gasteiger partial charge in [-0.3, -0.25) is 0 Å². The van der Waals surface area contributed by atoms with Gasteiger partial charge in [0.05, 0.1) is 6.61 Å². The Kier molecular flexibility index (Phi) is 3.83. The molecule has 0 bridgehead atoms. The van der Waals surface area contributed by atoms with Crippen molar-refractivity contribution in [2.24, 2.45) is 5.41 Å². The highest BCUT2D eigenvalue weighted by atomic mass is 16.7. The molecule has 3 rings (SSSR count). The van der Waals surface area contributed by atoms with Crippen LogP contribution in [0, 0.1) is 5.41 Å². The van der Waals surface area contributed by atoms with E-state index in [2.05, 4.69) is 69.3 Å². The zero-order chi connectivity index (χ0) is 14.9. The summed E-state index contributed by atoms with van der Waals surface area (Å²) in [7, 11) is 0. The van der Waals surface area contributed by atoms with Gasteiger partial charge in [0.2, 0.25) is 0 Å². The maximum atomic E-state index is 6.37. The SMILES string of the molecule is CC(C)(C)[C@@H]1OCc2ccccc2[C@H](c2ccccc2)O1. The molecular formula is C19H22O2. The molecule has 0 fully saturated rings. The Labute approximate surface area is 126 Å². The third-order valence-electron chi connectivity index (χ3n) is 3.80. The first-order chi connectivity index (χ1) is 10.1. The van der Waals surface area contributed by atoms with Crippen LogP contribution in [-0.2, 0) is 16.1 Å². The predicted octanol–water partition coefficient (Wildman–Crippen LogP) is 4.70. The highest BCUT2D eigenvalue weighted by Gasteiger charge is 2.33. The molecule has 110 valence electrons. The van der Waals surface area contributed by atoms with Crippen LogP contribution in [0.4, 0.5) is 0 Å². The molecule has 0 spiro atoms. The predicted molar refractivity (Wildman–Crippen MR) is 83.8 cm³/mol. The summed E-state index contributed by atoms with van der Waals surface area (Å²) in [6, 6.07) is 18.8. The average molecular weight is 282 g/mol. The summed E-state index contributed by atoms with van der Waals surface area (Å²) in [5.41, 5.74) is 3.52. The van der Waals surface area contributed by atoms with Crippen molar-refractivity contribution in [3.63, 3.8) is 0 Å². The van der Waals surface area contributed by atoms with E-state index in [1.165, 1.54) is 16.7 Å². The van der Waals surface area contributed by atoms with Crippen molar-refractivity contribution in [2.45, 2.75) is 39.8 Å². The van der Waals surface area contributed by atoms with Gasteiger partial charge in [0.25, 0.3) is 0 Å². The van der Waals surface area contributed by atoms with Crippen LogP contribution in [0.5, 0.6) is 0 Å². The number of hydrogen-bond acceptors (Lipinski definition) is 2. The third-order valence-corrected chi connectivity index (χ3v) is 3.80. The van der Waals surface area contributed by atoms with Crippen LogP contribution >= 0.6 is 0 Å². The van der Waals surface area contributed by atoms with Gasteiger partial charge in [0.15, 0.2) is 6.29 Å². The van der Waals surface area contributed by atoms with Gasteiger partial charge in [-0.15, -0.1) is 0 Å². The van der Waals surface area contributed by atoms with Crippen molar-refractivity contribution in [3.8, 4) is 0 Å². The highest BCUT2D eigenvalue weighted by molar-refractivity contribution is 5.36. The summed E-state index contributed by atoms with van der Waals surface area (Å²) in [6.45, 7) is 7.04. The van der Waals surface area contributed by atoms with E-state index in [0.29, 0.717) is 6.61 Å². The fourth-order valence-electron chi connectivity index (χ4n) is 2.66. The monoisotopic (exact) mass is 282 g/mol. The van der Waals surface area contributed by atoms with E-state index in [-0.39, 0.29) is 17.8 Å². The van der Waals surface area contributed by atoms with Crippen molar-refractivity contribution in [3.05, 3.63) is 71.3 Å². The molecule has 1 heterocycles. The molecule has 0 saturated carbocycles. The lowest BCUT2D eigenvalue weighted by atomic mass is 9.95. The molecule has 0 amide bonds. The smallest absolute Gasteiger partial charge is 0.164 e. The summed E-state index contributed by atoms with van der Waals surface area (Å²) in [5.74, 6) is 0. The van der Waals surface area contributed by atoms with E-state index >= 15 is 0 Å². The van der Waals surface area contributed by atoms with Gasteiger partial charge in [-0.05, 0) is 16.7 Å². The van der Waals surface area contributed by atoms with E-state index in [4.69, 9.17) is 9.47 Å². The number of ether oxygens (including phenoxy) is 2. The molecule has 2 aromatic rings. The van der Waals surface area contributed by atoms with Crippen molar-refractivity contribution in [1.82, 2.24) is 0 Å². The maximum Gasteiger partial charge on any atom is 0.164 e. The van der Waals surface area contributed by atoms with Crippen LogP contribution in [0.15, 0.2) is 54.6 Å². The first kappa shape index (κ1) is 14.3. The zero-order valence-electron chi connectivity index (χ0n) is 12.9. The van der Waals surface area contributed by atoms with Gasteiger partial charge in [-0.25, -0.2) is 0 Å². The van der Waals surface area contributed by atoms with E-state index < -0.39 is 0 Å². The molecule has 2 nitrogen and oxygen atoms in total. The van der Waals surface area contributed by atoms with E-state index in [1.54, 1.807) is 0 Å². The summed E-state index contributed by atoms with van der Waals surface area (Å²) >= 11 is 0. The molecule has 2 atom stereocenters. The minimum Gasteiger partial charge on any atom is -0.347 e. The van der Waals surface area contributed by atoms with Gasteiger partial charge in [-0.1, -0.05) is 75.4 Å². The van der Waals surface area contributed by atoms with Crippen LogP contribution in [0.2, 0.25) is 0 Å². The first-order valence-corrected chi connectivity index (χ1v) is 7.45. The number of rotatable bonds is 1. The van der Waals surface area contributed by atoms with Gasteiger partial charge in [0.1, 0.15) is 6.10 Å². The van der Waals surface area contributed by atoms with Crippen molar-refractivity contribution >= 4 is 0 Å². The maximum absolute atomic E-state index is 6.37. The molecule has 0 N–H and O–H groups in total. The third kappa shape index (κ3) is 3.02. The largest absolute Gasteiger partial charge is 0.347 e. The fraction of sp³-hybridized carbons (Fsp3) is 0.368. The van der Waals surface area contributed by atoms with Crippen LogP contribution < -0.4 is 0 Å². The Hall–Kier alpha value is -1.64. The lowest BCUT2D eigenvalue weighted by Gasteiger charge is -2.31. The van der Waals surface area contributed by atoms with E-state index in [9.17, 15) is 0 Å². The molecule has 2 aromatic carbocycles. The van der Waals surface area contributed by atoms with Crippen LogP contribution in [-0.4, -0.2) is 6.29 Å². The minimum atomic E-state index is -0.227. The molecule has 0 radical (unpaired) electrons. The summed E-state index contributed by atoms with van der Waals surface area (Å²) in [6.07, 6.45) is -0.302. The lowest BCUT2D eigenvalue weighted by Crippen LogP contribution is -2.32. The second-order valence-electron chi connectivity index (χ2n) is 6.63. The van der Waals surface area contributed by atoms with E-state index in [0.717, 1.165) is 0 Å². The van der Waals surface area contributed by atoms with Crippen LogP contribution in [0.3, 0.4) is 0 Å². The molecule has 0 unspecified atom stereocenters. The van der Waals surface area contributed by atoms with Crippen LogP contribution in [0.1, 0.15) is 43.6 Å². The molecule has 2 heteroatoms. The molecule has 1 aliphatic rings. The topological polar surface area (TPSA) is 18.5 Å². The molecular weight excluding hydrogens is 260 g/mol. The van der Waals surface area contributed by atoms with Gasteiger partial charge >= 0.3 is 0 Å². The fourth-order valence-corrected chi connectivity index (χ4v) is 2.66. The Balaban J connectivity index is 2.04. The minimum absolute atomic E-state index is 0.0604. The Bertz CT molecular complexity index is 598. The average Bonchev–Trinajstić information content (AvgIpc) is 2.67. The van der Waals surface area contributed by atoms with Gasteiger partial charge in [0, 0.05) is 5.41 Å². The quantitative estimate of drug-likeness (QED) is 0.755. The highest BCUT2D eigenvalue weighted by Crippen LogP contribution is 2.37. The normalized spacial score (nSPS) is 22.4. The van der Waals surface area contributed by atoms with Gasteiger partial charge < -0.3 is 9.47 Å². The number of fused-ring (bicyclic) bond motifs is 1.